The molecule has 0 spiro atoms. The second-order valence-corrected chi connectivity index (χ2v) is 3.79. The lowest BCUT2D eigenvalue weighted by Crippen LogP contribution is -2.00. The van der Waals surface area contributed by atoms with Gasteiger partial charge in [0.15, 0.2) is 0 Å². The molecular weight excluding hydrogens is 307 g/mol. The molecule has 0 heterocycles. The second kappa shape index (κ2) is 5.75. The Kier molecular flexibility index (Phi) is 4.35. The molecule has 0 saturated heterocycles. The van der Waals surface area contributed by atoms with E-state index >= 15 is 0 Å². The summed E-state index contributed by atoms with van der Waals surface area (Å²) in [7, 11) is 0. The fraction of sp³-hybridized carbons (Fsp3) is 0. The highest BCUT2D eigenvalue weighted by atomic mass is 79.9. The lowest BCUT2D eigenvalue weighted by molar-refractivity contribution is -0.386. The number of benzene rings is 1. The molecule has 90 valence electrons. The van der Waals surface area contributed by atoms with Crippen LogP contribution in [0.3, 0.4) is 0 Å². The number of nitrogens with zero attached hydrogens (tertiary/aromatic N) is 3. The van der Waals surface area contributed by atoms with Crippen LogP contribution in [0.15, 0.2) is 28.4 Å². The largest absolute Gasteiger partial charge is 0.353 e. The van der Waals surface area contributed by atoms with Crippen LogP contribution in [0, 0.1) is 38.6 Å². The van der Waals surface area contributed by atoms with Crippen molar-refractivity contribution < 1.29 is 9.31 Å². The summed E-state index contributed by atoms with van der Waals surface area (Å²) in [6, 6.07) is 5.34. The van der Waals surface area contributed by atoms with Crippen molar-refractivity contribution in [3.8, 4) is 12.1 Å². The van der Waals surface area contributed by atoms with Gasteiger partial charge in [0.1, 0.15) is 23.4 Å². The molecule has 8 heteroatoms. The predicted octanol–water partition coefficient (Wildman–Crippen LogP) is 2.84. The molecule has 0 atom stereocenters. The molecule has 0 fully saturated rings. The number of nitriles is 2. The van der Waals surface area contributed by atoms with Crippen LogP contribution >= 0.6 is 15.9 Å². The minimum Gasteiger partial charge on any atom is -0.353 e. The van der Waals surface area contributed by atoms with Crippen molar-refractivity contribution in [2.45, 2.75) is 0 Å². The van der Waals surface area contributed by atoms with Gasteiger partial charge in [0, 0.05) is 10.7 Å². The Balaban J connectivity index is 3.30. The van der Waals surface area contributed by atoms with Gasteiger partial charge in [0.2, 0.25) is 5.82 Å². The molecule has 1 aromatic carbocycles. The number of nitro groups is 1. The number of hydrogen-bond donors (Lipinski definition) is 1. The maximum absolute atomic E-state index is 13.3. The summed E-state index contributed by atoms with van der Waals surface area (Å²) in [6.45, 7) is 0. The molecule has 0 radical (unpaired) electrons. The van der Waals surface area contributed by atoms with Crippen LogP contribution in [-0.2, 0) is 0 Å². The quantitative estimate of drug-likeness (QED) is 0.525. The van der Waals surface area contributed by atoms with Crippen molar-refractivity contribution in [1.82, 2.24) is 0 Å². The van der Waals surface area contributed by atoms with Crippen molar-refractivity contribution in [2.24, 2.45) is 0 Å². The highest BCUT2D eigenvalue weighted by molar-refractivity contribution is 9.10. The first-order valence-electron chi connectivity index (χ1n) is 4.40. The fourth-order valence-corrected chi connectivity index (χ4v) is 1.53. The van der Waals surface area contributed by atoms with E-state index in [1.165, 1.54) is 6.07 Å². The molecule has 0 saturated carbocycles. The van der Waals surface area contributed by atoms with E-state index in [0.717, 1.165) is 12.3 Å². The number of allylic oxidation sites excluding steroid dienone is 1. The zero-order chi connectivity index (χ0) is 13.7. The Morgan fingerprint density at radius 1 is 1.50 bits per heavy atom. The van der Waals surface area contributed by atoms with Crippen LogP contribution in [0.4, 0.5) is 15.8 Å². The van der Waals surface area contributed by atoms with E-state index in [9.17, 15) is 14.5 Å². The first-order valence-corrected chi connectivity index (χ1v) is 5.19. The van der Waals surface area contributed by atoms with E-state index in [1.54, 1.807) is 12.1 Å². The van der Waals surface area contributed by atoms with Crippen molar-refractivity contribution >= 4 is 27.3 Å². The average Bonchev–Trinajstić information content (AvgIpc) is 2.34. The van der Waals surface area contributed by atoms with Gasteiger partial charge in [-0.25, -0.2) is 0 Å². The maximum atomic E-state index is 13.3. The molecule has 6 nitrogen and oxygen atoms in total. The van der Waals surface area contributed by atoms with Gasteiger partial charge in [-0.05, 0) is 28.1 Å². The standard InChI is InChI=1S/C10H4BrFN4O2/c11-7-1-2-8(12)10(16(17)18)9(7)15-5-6(3-13)4-14/h1-2,5,15H. The van der Waals surface area contributed by atoms with E-state index in [4.69, 9.17) is 10.5 Å². The summed E-state index contributed by atoms with van der Waals surface area (Å²) >= 11 is 3.01. The van der Waals surface area contributed by atoms with Crippen LogP contribution < -0.4 is 5.32 Å². The molecule has 18 heavy (non-hydrogen) atoms. The summed E-state index contributed by atoms with van der Waals surface area (Å²) in [5.74, 6) is -1.02. The molecule has 0 aromatic heterocycles. The summed E-state index contributed by atoms with van der Waals surface area (Å²) in [6.07, 6.45) is 0.965. The van der Waals surface area contributed by atoms with E-state index in [0.29, 0.717) is 0 Å². The molecule has 1 N–H and O–H groups in total. The molecule has 0 aliphatic rings. The van der Waals surface area contributed by atoms with E-state index in [1.807, 2.05) is 0 Å². The number of rotatable bonds is 3. The Bertz CT molecular complexity index is 600. The van der Waals surface area contributed by atoms with Gasteiger partial charge in [-0.15, -0.1) is 0 Å². The third-order valence-corrected chi connectivity index (χ3v) is 2.52. The maximum Gasteiger partial charge on any atom is 0.329 e. The lowest BCUT2D eigenvalue weighted by Gasteiger charge is -2.05. The van der Waals surface area contributed by atoms with Crippen molar-refractivity contribution in [3.63, 3.8) is 0 Å². The van der Waals surface area contributed by atoms with Gasteiger partial charge in [-0.2, -0.15) is 14.9 Å². The topological polar surface area (TPSA) is 103 Å². The summed E-state index contributed by atoms with van der Waals surface area (Å²) in [5.41, 5.74) is -1.22. The SMILES string of the molecule is N#CC(C#N)=CNc1c(Br)ccc(F)c1[N+](=O)[O-]. The molecule has 0 aliphatic heterocycles. The first-order chi connectivity index (χ1) is 8.51. The number of anilines is 1. The molecule has 1 rings (SSSR count). The first kappa shape index (κ1) is 13.6. The van der Waals surface area contributed by atoms with Gasteiger partial charge >= 0.3 is 5.69 Å². The van der Waals surface area contributed by atoms with E-state index in [2.05, 4.69) is 21.2 Å². The minimum absolute atomic E-state index is 0.164. The van der Waals surface area contributed by atoms with E-state index < -0.39 is 16.4 Å². The zero-order valence-electron chi connectivity index (χ0n) is 8.65. The van der Waals surface area contributed by atoms with Gasteiger partial charge in [-0.1, -0.05) is 0 Å². The third kappa shape index (κ3) is 2.81. The van der Waals surface area contributed by atoms with Crippen LogP contribution in [0.1, 0.15) is 0 Å². The minimum atomic E-state index is -1.02. The highest BCUT2D eigenvalue weighted by Crippen LogP contribution is 2.34. The highest BCUT2D eigenvalue weighted by Gasteiger charge is 2.22. The molecule has 1 aromatic rings. The number of halogens is 2. The molecule has 0 bridgehead atoms. The monoisotopic (exact) mass is 310 g/mol. The van der Waals surface area contributed by atoms with Crippen molar-refractivity contribution in [3.05, 3.63) is 44.3 Å². The molecule has 0 aliphatic carbocycles. The van der Waals surface area contributed by atoms with Crippen LogP contribution in [0.25, 0.3) is 0 Å². The van der Waals surface area contributed by atoms with E-state index in [-0.39, 0.29) is 15.7 Å². The summed E-state index contributed by atoms with van der Waals surface area (Å²) < 4.78 is 13.6. The Labute approximate surface area is 109 Å². The normalized spacial score (nSPS) is 8.89. The lowest BCUT2D eigenvalue weighted by atomic mass is 10.2. The molecule has 0 unspecified atom stereocenters. The van der Waals surface area contributed by atoms with Gasteiger partial charge < -0.3 is 5.32 Å². The predicted molar refractivity (Wildman–Crippen MR) is 63.7 cm³/mol. The molecule has 0 amide bonds. The summed E-state index contributed by atoms with van der Waals surface area (Å²) in [4.78, 5) is 9.84. The Morgan fingerprint density at radius 2 is 2.11 bits per heavy atom. The number of hydrogen-bond acceptors (Lipinski definition) is 5. The van der Waals surface area contributed by atoms with Gasteiger partial charge in [0.05, 0.1) is 4.92 Å². The fourth-order valence-electron chi connectivity index (χ4n) is 1.09. The summed E-state index contributed by atoms with van der Waals surface area (Å²) in [5, 5.41) is 30.1. The van der Waals surface area contributed by atoms with Crippen LogP contribution in [0.5, 0.6) is 0 Å². The van der Waals surface area contributed by atoms with Crippen molar-refractivity contribution in [1.29, 1.82) is 10.5 Å². The van der Waals surface area contributed by atoms with Crippen molar-refractivity contribution in [2.75, 3.05) is 5.32 Å². The number of nitro benzene ring substituents is 1. The smallest absolute Gasteiger partial charge is 0.329 e. The third-order valence-electron chi connectivity index (χ3n) is 1.86. The second-order valence-electron chi connectivity index (χ2n) is 2.94. The van der Waals surface area contributed by atoms with Crippen LogP contribution in [-0.4, -0.2) is 4.92 Å². The van der Waals surface area contributed by atoms with Crippen LogP contribution in [0.2, 0.25) is 0 Å². The zero-order valence-corrected chi connectivity index (χ0v) is 10.2. The average molecular weight is 311 g/mol. The molecular formula is C10H4BrFN4O2. The van der Waals surface area contributed by atoms with Gasteiger partial charge in [-0.3, -0.25) is 10.1 Å². The number of nitrogens with one attached hydrogen (secondary N) is 1. The Hall–Kier alpha value is -2.45. The Morgan fingerprint density at radius 3 is 2.61 bits per heavy atom. The van der Waals surface area contributed by atoms with Gasteiger partial charge in [0.25, 0.3) is 0 Å².